The molecule has 0 bridgehead atoms. The van der Waals surface area contributed by atoms with Gasteiger partial charge in [0, 0.05) is 18.3 Å². The molecule has 78 valence electrons. The zero-order chi connectivity index (χ0) is 11.3. The number of nitrogens with zero attached hydrogens (tertiary/aromatic N) is 2. The highest BCUT2D eigenvalue weighted by Gasteiger charge is 2.03. The van der Waals surface area contributed by atoms with Crippen LogP contribution < -0.4 is 0 Å². The SMILES string of the molecule is O=C(O)CN=Cc1cccc([N+](=O)[O-])c1. The molecule has 0 aliphatic rings. The average Bonchev–Trinajstić information content (AvgIpc) is 2.17. The van der Waals surface area contributed by atoms with Gasteiger partial charge in [0.1, 0.15) is 6.54 Å². The number of nitro benzene ring substituents is 1. The predicted molar refractivity (Wildman–Crippen MR) is 53.2 cm³/mol. The van der Waals surface area contributed by atoms with Crippen LogP contribution in [-0.4, -0.2) is 28.8 Å². The molecular weight excluding hydrogens is 200 g/mol. The van der Waals surface area contributed by atoms with Gasteiger partial charge in [-0.25, -0.2) is 0 Å². The van der Waals surface area contributed by atoms with Crippen LogP contribution in [0.5, 0.6) is 0 Å². The van der Waals surface area contributed by atoms with Crippen molar-refractivity contribution in [2.45, 2.75) is 0 Å². The minimum atomic E-state index is -1.04. The van der Waals surface area contributed by atoms with Crippen molar-refractivity contribution < 1.29 is 14.8 Å². The summed E-state index contributed by atoms with van der Waals surface area (Å²) in [6.45, 7) is -0.345. The first-order valence-corrected chi connectivity index (χ1v) is 4.05. The molecule has 0 saturated heterocycles. The summed E-state index contributed by atoms with van der Waals surface area (Å²) in [5.41, 5.74) is 0.458. The van der Waals surface area contributed by atoms with E-state index in [1.54, 1.807) is 6.07 Å². The van der Waals surface area contributed by atoms with Crippen LogP contribution in [0, 0.1) is 10.1 Å². The first-order valence-electron chi connectivity index (χ1n) is 4.05. The second kappa shape index (κ2) is 4.85. The molecule has 1 aromatic carbocycles. The zero-order valence-corrected chi connectivity index (χ0v) is 7.66. The maximum atomic E-state index is 10.4. The average molecular weight is 208 g/mol. The Hall–Kier alpha value is -2.24. The number of carboxylic acids is 1. The Kier molecular flexibility index (Phi) is 3.50. The van der Waals surface area contributed by atoms with Crippen molar-refractivity contribution in [3.05, 3.63) is 39.9 Å². The highest BCUT2D eigenvalue weighted by atomic mass is 16.6. The Morgan fingerprint density at radius 1 is 1.60 bits per heavy atom. The fraction of sp³-hybridized carbons (Fsp3) is 0.111. The van der Waals surface area contributed by atoms with Gasteiger partial charge >= 0.3 is 5.97 Å². The molecule has 0 radical (unpaired) electrons. The van der Waals surface area contributed by atoms with Gasteiger partial charge in [0.15, 0.2) is 0 Å². The van der Waals surface area contributed by atoms with Crippen molar-refractivity contribution in [2.24, 2.45) is 4.99 Å². The van der Waals surface area contributed by atoms with Crippen LogP contribution in [0.3, 0.4) is 0 Å². The Balaban J connectivity index is 2.78. The molecule has 15 heavy (non-hydrogen) atoms. The molecular formula is C9H8N2O4. The van der Waals surface area contributed by atoms with Gasteiger partial charge in [-0.3, -0.25) is 19.9 Å². The Morgan fingerprint density at radius 2 is 2.33 bits per heavy atom. The highest BCUT2D eigenvalue weighted by Crippen LogP contribution is 2.11. The van der Waals surface area contributed by atoms with Gasteiger partial charge in [-0.2, -0.15) is 0 Å². The molecule has 0 aliphatic heterocycles. The van der Waals surface area contributed by atoms with Gasteiger partial charge in [-0.15, -0.1) is 0 Å². The molecule has 6 nitrogen and oxygen atoms in total. The maximum Gasteiger partial charge on any atom is 0.325 e. The molecule has 6 heteroatoms. The van der Waals surface area contributed by atoms with E-state index in [-0.39, 0.29) is 12.2 Å². The van der Waals surface area contributed by atoms with Crippen LogP contribution in [0.4, 0.5) is 5.69 Å². The number of hydrogen-bond donors (Lipinski definition) is 1. The number of rotatable bonds is 4. The van der Waals surface area contributed by atoms with E-state index < -0.39 is 10.9 Å². The molecule has 0 heterocycles. The van der Waals surface area contributed by atoms with E-state index in [0.717, 1.165) is 0 Å². The second-order valence-electron chi connectivity index (χ2n) is 2.72. The van der Waals surface area contributed by atoms with Gasteiger partial charge in [0.25, 0.3) is 5.69 Å². The fourth-order valence-corrected chi connectivity index (χ4v) is 0.948. The van der Waals surface area contributed by atoms with E-state index in [1.165, 1.54) is 24.4 Å². The third-order valence-corrected chi connectivity index (χ3v) is 1.55. The predicted octanol–water partition coefficient (Wildman–Crippen LogP) is 1.10. The minimum Gasteiger partial charge on any atom is -0.480 e. The summed E-state index contributed by atoms with van der Waals surface area (Å²) in [4.78, 5) is 23.6. The summed E-state index contributed by atoms with van der Waals surface area (Å²) in [7, 11) is 0. The lowest BCUT2D eigenvalue weighted by Crippen LogP contribution is -1.99. The van der Waals surface area contributed by atoms with Gasteiger partial charge in [-0.05, 0) is 5.56 Å². The summed E-state index contributed by atoms with van der Waals surface area (Å²) in [5, 5.41) is 18.7. The molecule has 1 rings (SSSR count). The Bertz CT molecular complexity index is 414. The normalized spacial score (nSPS) is 10.4. The second-order valence-corrected chi connectivity index (χ2v) is 2.72. The van der Waals surface area contributed by atoms with E-state index in [4.69, 9.17) is 5.11 Å². The topological polar surface area (TPSA) is 92.8 Å². The quantitative estimate of drug-likeness (QED) is 0.455. The van der Waals surface area contributed by atoms with Gasteiger partial charge in [0.05, 0.1) is 4.92 Å². The molecule has 1 N–H and O–H groups in total. The van der Waals surface area contributed by atoms with Crippen molar-refractivity contribution in [3.63, 3.8) is 0 Å². The number of benzene rings is 1. The number of carboxylic acid groups (broad SMARTS) is 1. The van der Waals surface area contributed by atoms with E-state index in [9.17, 15) is 14.9 Å². The number of aliphatic imine (C=N–C) groups is 1. The Morgan fingerprint density at radius 3 is 2.93 bits per heavy atom. The summed E-state index contributed by atoms with van der Waals surface area (Å²) < 4.78 is 0. The molecule has 0 aromatic heterocycles. The number of hydrogen-bond acceptors (Lipinski definition) is 4. The van der Waals surface area contributed by atoms with E-state index in [2.05, 4.69) is 4.99 Å². The summed E-state index contributed by atoms with van der Waals surface area (Å²) in [6, 6.07) is 5.80. The smallest absolute Gasteiger partial charge is 0.325 e. The molecule has 0 spiro atoms. The number of nitro groups is 1. The first-order chi connectivity index (χ1) is 7.09. The van der Waals surface area contributed by atoms with E-state index in [1.807, 2.05) is 0 Å². The standard InChI is InChI=1S/C9H8N2O4/c12-9(13)6-10-5-7-2-1-3-8(4-7)11(14)15/h1-5H,6H2,(H,12,13). The van der Waals surface area contributed by atoms with Crippen LogP contribution in [0.2, 0.25) is 0 Å². The lowest BCUT2D eigenvalue weighted by molar-refractivity contribution is -0.384. The molecule has 0 fully saturated rings. The van der Waals surface area contributed by atoms with Crippen LogP contribution in [-0.2, 0) is 4.79 Å². The molecule has 0 amide bonds. The van der Waals surface area contributed by atoms with Gasteiger partial charge in [-0.1, -0.05) is 12.1 Å². The number of non-ortho nitro benzene ring substituents is 1. The number of aliphatic carboxylic acids is 1. The summed E-state index contributed by atoms with van der Waals surface area (Å²) >= 11 is 0. The lowest BCUT2D eigenvalue weighted by atomic mass is 10.2. The molecule has 0 atom stereocenters. The minimum absolute atomic E-state index is 0.0470. The molecule has 0 saturated carbocycles. The van der Waals surface area contributed by atoms with Crippen LogP contribution in [0.15, 0.2) is 29.3 Å². The van der Waals surface area contributed by atoms with E-state index in [0.29, 0.717) is 5.56 Å². The third-order valence-electron chi connectivity index (χ3n) is 1.55. The zero-order valence-electron chi connectivity index (χ0n) is 7.66. The van der Waals surface area contributed by atoms with Crippen molar-refractivity contribution in [3.8, 4) is 0 Å². The number of carbonyl (C=O) groups is 1. The maximum absolute atomic E-state index is 10.4. The van der Waals surface area contributed by atoms with Crippen LogP contribution >= 0.6 is 0 Å². The van der Waals surface area contributed by atoms with Gasteiger partial charge < -0.3 is 5.11 Å². The molecule has 0 unspecified atom stereocenters. The van der Waals surface area contributed by atoms with Crippen molar-refractivity contribution in [1.29, 1.82) is 0 Å². The largest absolute Gasteiger partial charge is 0.480 e. The molecule has 0 aliphatic carbocycles. The summed E-state index contributed by atoms with van der Waals surface area (Å²) in [5.74, 6) is -1.04. The third kappa shape index (κ3) is 3.55. The summed E-state index contributed by atoms with van der Waals surface area (Å²) in [6.07, 6.45) is 1.29. The Labute approximate surface area is 85.0 Å². The van der Waals surface area contributed by atoms with Crippen molar-refractivity contribution >= 4 is 17.9 Å². The van der Waals surface area contributed by atoms with Crippen molar-refractivity contribution in [2.75, 3.05) is 6.54 Å². The first kappa shape index (κ1) is 10.8. The van der Waals surface area contributed by atoms with Crippen LogP contribution in [0.25, 0.3) is 0 Å². The fourth-order valence-electron chi connectivity index (χ4n) is 0.948. The highest BCUT2D eigenvalue weighted by molar-refractivity contribution is 5.82. The van der Waals surface area contributed by atoms with Gasteiger partial charge in [0.2, 0.25) is 0 Å². The van der Waals surface area contributed by atoms with E-state index >= 15 is 0 Å². The van der Waals surface area contributed by atoms with Crippen molar-refractivity contribution in [1.82, 2.24) is 0 Å². The van der Waals surface area contributed by atoms with Crippen LogP contribution in [0.1, 0.15) is 5.56 Å². The monoisotopic (exact) mass is 208 g/mol. The lowest BCUT2D eigenvalue weighted by Gasteiger charge is -1.93. The molecule has 1 aromatic rings.